The molecule has 3 atom stereocenters. The summed E-state index contributed by atoms with van der Waals surface area (Å²) < 4.78 is 31.6. The van der Waals surface area contributed by atoms with E-state index in [9.17, 15) is 19.3 Å². The van der Waals surface area contributed by atoms with Crippen LogP contribution in [0.5, 0.6) is 0 Å². The predicted octanol–water partition coefficient (Wildman–Crippen LogP) is 6.61. The van der Waals surface area contributed by atoms with E-state index < -0.39 is 37.5 Å². The molecule has 0 aliphatic rings. The Hall–Kier alpha value is -4.27. The average molecular weight is 645 g/mol. The van der Waals surface area contributed by atoms with E-state index in [0.29, 0.717) is 0 Å². The minimum absolute atomic E-state index is 0.0368. The van der Waals surface area contributed by atoms with Gasteiger partial charge in [-0.3, -0.25) is 9.36 Å². The first kappa shape index (κ1) is 34.6. The summed E-state index contributed by atoms with van der Waals surface area (Å²) in [6.07, 6.45) is -0.648. The van der Waals surface area contributed by atoms with Crippen molar-refractivity contribution in [3.63, 3.8) is 0 Å². The van der Waals surface area contributed by atoms with E-state index in [4.69, 9.17) is 13.8 Å². The predicted molar refractivity (Wildman–Crippen MR) is 177 cm³/mol. The van der Waals surface area contributed by atoms with Gasteiger partial charge < -0.3 is 29.5 Å². The molecular formula is C36H41N2O7P. The number of nitrogens with one attached hydrogen (secondary N) is 2. The number of rotatable bonds is 16. The molecule has 0 fully saturated rings. The fraction of sp³-hybridized carbons (Fsp3) is 0.278. The molecule has 4 aromatic carbocycles. The lowest BCUT2D eigenvalue weighted by molar-refractivity contribution is -0.125. The van der Waals surface area contributed by atoms with Gasteiger partial charge in [-0.05, 0) is 34.6 Å². The molecule has 0 aliphatic carbocycles. The van der Waals surface area contributed by atoms with Gasteiger partial charge in [0.05, 0.1) is 19.3 Å². The van der Waals surface area contributed by atoms with Crippen LogP contribution < -0.4 is 10.6 Å². The van der Waals surface area contributed by atoms with E-state index in [-0.39, 0.29) is 32.2 Å². The molecule has 2 amide bonds. The van der Waals surface area contributed by atoms with Crippen LogP contribution >= 0.6 is 7.60 Å². The van der Waals surface area contributed by atoms with Crippen molar-refractivity contribution >= 4 is 19.6 Å². The highest BCUT2D eigenvalue weighted by Crippen LogP contribution is 2.55. The molecule has 9 nitrogen and oxygen atoms in total. The van der Waals surface area contributed by atoms with Crippen molar-refractivity contribution in [3.8, 4) is 0 Å². The Bertz CT molecular complexity index is 1490. The Balaban J connectivity index is 1.55. The first-order chi connectivity index (χ1) is 22.2. The Morgan fingerprint density at radius 1 is 0.652 bits per heavy atom. The summed E-state index contributed by atoms with van der Waals surface area (Å²) in [5.74, 6) is -2.67. The van der Waals surface area contributed by atoms with Crippen molar-refractivity contribution in [2.75, 3.05) is 0 Å². The molecule has 0 saturated heterocycles. The van der Waals surface area contributed by atoms with Gasteiger partial charge in [-0.25, -0.2) is 4.79 Å². The number of alkyl carbamates (subject to hydrolysis) is 1. The van der Waals surface area contributed by atoms with Gasteiger partial charge in [-0.2, -0.15) is 0 Å². The topological polar surface area (TPSA) is 123 Å². The normalized spacial score (nSPS) is 13.4. The smallest absolute Gasteiger partial charge is 0.408 e. The fourth-order valence-corrected chi connectivity index (χ4v) is 6.34. The van der Waals surface area contributed by atoms with E-state index in [0.717, 1.165) is 22.3 Å². The lowest BCUT2D eigenvalue weighted by Gasteiger charge is -2.32. The quantitative estimate of drug-likeness (QED) is 0.117. The Morgan fingerprint density at radius 2 is 1.07 bits per heavy atom. The third-order valence-corrected chi connectivity index (χ3v) is 9.24. The number of amides is 2. The van der Waals surface area contributed by atoms with E-state index in [1.165, 1.54) is 0 Å². The van der Waals surface area contributed by atoms with Crippen molar-refractivity contribution < 1.29 is 33.0 Å². The summed E-state index contributed by atoms with van der Waals surface area (Å²) in [6.45, 7) is 3.43. The van der Waals surface area contributed by atoms with Crippen LogP contribution in [0.25, 0.3) is 0 Å². The minimum Gasteiger partial charge on any atom is -0.445 e. The third kappa shape index (κ3) is 10.7. The molecular weight excluding hydrogens is 603 g/mol. The van der Waals surface area contributed by atoms with Crippen LogP contribution in [0.2, 0.25) is 0 Å². The van der Waals surface area contributed by atoms with Crippen LogP contribution in [-0.4, -0.2) is 35.0 Å². The Labute approximate surface area is 270 Å². The molecule has 0 bridgehead atoms. The monoisotopic (exact) mass is 644 g/mol. The molecule has 1 unspecified atom stereocenters. The van der Waals surface area contributed by atoms with Gasteiger partial charge in [0.25, 0.3) is 0 Å². The standard InChI is InChI=1S/C36H41N2O7P/c1-27(2)33(38-36(41)43-24-29-17-9-4-10-18-29)34(39)37-32(23-28-15-7-3-8-16-28)35(40)46(42,44-25-30-19-11-5-12-20-30)45-26-31-21-13-6-14-22-31/h3-22,27,32-33,35,40H,23-26H2,1-2H3,(H,37,39)(H,38,41)/t32-,33-,35?/m0/s1. The highest BCUT2D eigenvalue weighted by molar-refractivity contribution is 7.54. The maximum absolute atomic E-state index is 14.4. The van der Waals surface area contributed by atoms with Crippen LogP contribution in [0.4, 0.5) is 4.79 Å². The number of ether oxygens (including phenoxy) is 1. The van der Waals surface area contributed by atoms with Gasteiger partial charge in [-0.15, -0.1) is 0 Å². The molecule has 46 heavy (non-hydrogen) atoms. The number of aliphatic hydroxyl groups is 1. The Morgan fingerprint density at radius 3 is 1.50 bits per heavy atom. The lowest BCUT2D eigenvalue weighted by atomic mass is 10.0. The van der Waals surface area contributed by atoms with Crippen molar-refractivity contribution in [2.24, 2.45) is 5.92 Å². The molecule has 4 aromatic rings. The summed E-state index contributed by atoms with van der Waals surface area (Å²) in [4.78, 5) is 26.4. The Kier molecular flexibility index (Phi) is 13.1. The van der Waals surface area contributed by atoms with Gasteiger partial charge in [0.1, 0.15) is 12.6 Å². The van der Waals surface area contributed by atoms with Crippen LogP contribution in [0.3, 0.4) is 0 Å². The number of carbonyl (C=O) groups excluding carboxylic acids is 2. The molecule has 0 aliphatic heterocycles. The lowest BCUT2D eigenvalue weighted by Crippen LogP contribution is -2.55. The maximum Gasteiger partial charge on any atom is 0.408 e. The summed E-state index contributed by atoms with van der Waals surface area (Å²) in [5, 5.41) is 17.2. The molecule has 0 radical (unpaired) electrons. The number of hydrogen-bond donors (Lipinski definition) is 3. The van der Waals surface area contributed by atoms with Gasteiger partial charge in [0.15, 0.2) is 5.85 Å². The number of hydrogen-bond acceptors (Lipinski definition) is 7. The van der Waals surface area contributed by atoms with Crippen LogP contribution in [0.15, 0.2) is 121 Å². The van der Waals surface area contributed by atoms with Gasteiger partial charge >= 0.3 is 13.7 Å². The van der Waals surface area contributed by atoms with Gasteiger partial charge in [-0.1, -0.05) is 135 Å². The number of carbonyl (C=O) groups is 2. The summed E-state index contributed by atoms with van der Waals surface area (Å²) >= 11 is 0. The van der Waals surface area contributed by atoms with Gasteiger partial charge in [0, 0.05) is 0 Å². The molecule has 0 spiro atoms. The van der Waals surface area contributed by atoms with Crippen molar-refractivity contribution in [2.45, 2.75) is 58.0 Å². The summed E-state index contributed by atoms with van der Waals surface area (Å²) in [5.41, 5.74) is 3.05. The molecule has 0 heterocycles. The molecule has 0 aromatic heterocycles. The minimum atomic E-state index is -4.29. The average Bonchev–Trinajstić information content (AvgIpc) is 3.09. The molecule has 0 saturated carbocycles. The molecule has 10 heteroatoms. The zero-order valence-electron chi connectivity index (χ0n) is 26.0. The van der Waals surface area contributed by atoms with Crippen LogP contribution in [0, 0.1) is 5.92 Å². The summed E-state index contributed by atoms with van der Waals surface area (Å²) in [6, 6.07) is 34.5. The number of aliphatic hydroxyl groups excluding tert-OH is 1. The maximum atomic E-state index is 14.4. The first-order valence-electron chi connectivity index (χ1n) is 15.2. The second kappa shape index (κ2) is 17.4. The van der Waals surface area contributed by atoms with Crippen molar-refractivity contribution in [1.29, 1.82) is 0 Å². The van der Waals surface area contributed by atoms with E-state index in [1.807, 2.05) is 121 Å². The highest BCUT2D eigenvalue weighted by Gasteiger charge is 2.42. The van der Waals surface area contributed by atoms with Gasteiger partial charge in [0.2, 0.25) is 5.91 Å². The van der Waals surface area contributed by atoms with E-state index >= 15 is 0 Å². The second-order valence-corrected chi connectivity index (χ2v) is 13.3. The van der Waals surface area contributed by atoms with Crippen LogP contribution in [-0.2, 0) is 49.4 Å². The van der Waals surface area contributed by atoms with E-state index in [1.54, 1.807) is 13.8 Å². The first-order valence-corrected chi connectivity index (χ1v) is 16.8. The largest absolute Gasteiger partial charge is 0.445 e. The molecule has 3 N–H and O–H groups in total. The number of benzene rings is 4. The molecule has 242 valence electrons. The molecule has 4 rings (SSSR count). The zero-order valence-corrected chi connectivity index (χ0v) is 26.9. The second-order valence-electron chi connectivity index (χ2n) is 11.2. The third-order valence-electron chi connectivity index (χ3n) is 7.25. The van der Waals surface area contributed by atoms with Crippen molar-refractivity contribution in [3.05, 3.63) is 144 Å². The van der Waals surface area contributed by atoms with E-state index in [2.05, 4.69) is 10.6 Å². The van der Waals surface area contributed by atoms with Crippen molar-refractivity contribution in [1.82, 2.24) is 10.6 Å². The van der Waals surface area contributed by atoms with Crippen LogP contribution in [0.1, 0.15) is 36.1 Å². The highest BCUT2D eigenvalue weighted by atomic mass is 31.2. The fourth-order valence-electron chi connectivity index (χ4n) is 4.69. The zero-order chi connectivity index (χ0) is 32.8. The summed E-state index contributed by atoms with van der Waals surface area (Å²) in [7, 11) is -4.29. The SMILES string of the molecule is CC(C)[C@H](NC(=O)OCc1ccccc1)C(=O)N[C@@H](Cc1ccccc1)C(O)P(=O)(OCc1ccccc1)OCc1ccccc1.